The lowest BCUT2D eigenvalue weighted by Gasteiger charge is -2.34. The predicted molar refractivity (Wildman–Crippen MR) is 81.7 cm³/mol. The fraction of sp³-hybridized carbons (Fsp3) is 0.733. The molecule has 1 aliphatic heterocycles. The van der Waals surface area contributed by atoms with Gasteiger partial charge in [0.05, 0.1) is 12.8 Å². The van der Waals surface area contributed by atoms with Crippen molar-refractivity contribution in [1.82, 2.24) is 20.0 Å². The van der Waals surface area contributed by atoms with Crippen molar-refractivity contribution in [2.24, 2.45) is 0 Å². The van der Waals surface area contributed by atoms with E-state index in [4.69, 9.17) is 4.42 Å². The molecule has 2 rings (SSSR count). The third-order valence-electron chi connectivity index (χ3n) is 3.90. The molecular formula is C15H28N4O. The van der Waals surface area contributed by atoms with Crippen molar-refractivity contribution in [2.75, 3.05) is 60.4 Å². The Labute approximate surface area is 122 Å². The molecule has 0 bridgehead atoms. The molecule has 1 aromatic heterocycles. The van der Waals surface area contributed by atoms with Crippen LogP contribution in [0.4, 0.5) is 0 Å². The summed E-state index contributed by atoms with van der Waals surface area (Å²) in [5, 5.41) is 3.19. The molecule has 2 heterocycles. The van der Waals surface area contributed by atoms with Crippen molar-refractivity contribution in [3.8, 4) is 0 Å². The van der Waals surface area contributed by atoms with Crippen LogP contribution in [0.5, 0.6) is 0 Å². The van der Waals surface area contributed by atoms with Gasteiger partial charge in [0.25, 0.3) is 0 Å². The molecule has 0 atom stereocenters. The molecule has 0 spiro atoms. The minimum atomic E-state index is 0.884. The van der Waals surface area contributed by atoms with E-state index in [9.17, 15) is 0 Å². The molecule has 0 aromatic carbocycles. The second kappa shape index (κ2) is 7.78. The Morgan fingerprint density at radius 1 is 1.20 bits per heavy atom. The van der Waals surface area contributed by atoms with E-state index < -0.39 is 0 Å². The van der Waals surface area contributed by atoms with Gasteiger partial charge in [-0.25, -0.2) is 0 Å². The van der Waals surface area contributed by atoms with Crippen molar-refractivity contribution >= 4 is 0 Å². The molecule has 0 unspecified atom stereocenters. The van der Waals surface area contributed by atoms with Gasteiger partial charge < -0.3 is 14.6 Å². The summed E-state index contributed by atoms with van der Waals surface area (Å²) in [6, 6.07) is 2.07. The largest absolute Gasteiger partial charge is 0.468 e. The third kappa shape index (κ3) is 4.59. The fourth-order valence-electron chi connectivity index (χ4n) is 2.57. The van der Waals surface area contributed by atoms with Crippen molar-refractivity contribution in [2.45, 2.75) is 13.1 Å². The fourth-order valence-corrected chi connectivity index (χ4v) is 2.57. The van der Waals surface area contributed by atoms with E-state index in [-0.39, 0.29) is 0 Å². The molecule has 1 aromatic rings. The standard InChI is InChI=1S/C15H28N4O/c1-16-12-14-4-11-20-15(14)13-19-9-7-18(8-10-19)6-5-17(2)3/h4,11,16H,5-10,12-13H2,1-3H3. The molecule has 114 valence electrons. The lowest BCUT2D eigenvalue weighted by atomic mass is 10.2. The zero-order chi connectivity index (χ0) is 14.4. The molecule has 1 saturated heterocycles. The van der Waals surface area contributed by atoms with Gasteiger partial charge in [0.15, 0.2) is 0 Å². The summed E-state index contributed by atoms with van der Waals surface area (Å²) >= 11 is 0. The normalized spacial score (nSPS) is 18.0. The Balaban J connectivity index is 1.75. The van der Waals surface area contributed by atoms with Gasteiger partial charge in [-0.05, 0) is 27.2 Å². The number of likely N-dealkylation sites (N-methyl/N-ethyl adjacent to an activating group) is 1. The second-order valence-electron chi connectivity index (χ2n) is 5.82. The van der Waals surface area contributed by atoms with Gasteiger partial charge in [0, 0.05) is 51.4 Å². The van der Waals surface area contributed by atoms with Crippen molar-refractivity contribution in [3.05, 3.63) is 23.7 Å². The number of hydrogen-bond donors (Lipinski definition) is 1. The third-order valence-corrected chi connectivity index (χ3v) is 3.90. The highest BCUT2D eigenvalue weighted by Crippen LogP contribution is 2.14. The van der Waals surface area contributed by atoms with Crippen molar-refractivity contribution in [1.29, 1.82) is 0 Å². The van der Waals surface area contributed by atoms with E-state index in [2.05, 4.69) is 40.2 Å². The summed E-state index contributed by atoms with van der Waals surface area (Å²) in [6.07, 6.45) is 1.80. The molecule has 5 nitrogen and oxygen atoms in total. The van der Waals surface area contributed by atoms with Gasteiger partial charge in [-0.15, -0.1) is 0 Å². The van der Waals surface area contributed by atoms with E-state index in [0.29, 0.717) is 0 Å². The Morgan fingerprint density at radius 3 is 2.55 bits per heavy atom. The number of hydrogen-bond acceptors (Lipinski definition) is 5. The average molecular weight is 280 g/mol. The predicted octanol–water partition coefficient (Wildman–Crippen LogP) is 0.678. The van der Waals surface area contributed by atoms with Crippen LogP contribution < -0.4 is 5.32 Å². The van der Waals surface area contributed by atoms with E-state index in [1.165, 1.54) is 12.1 Å². The Hall–Kier alpha value is -0.880. The minimum Gasteiger partial charge on any atom is -0.468 e. The molecule has 0 radical (unpaired) electrons. The lowest BCUT2D eigenvalue weighted by Crippen LogP contribution is -2.47. The van der Waals surface area contributed by atoms with Crippen molar-refractivity contribution < 1.29 is 4.42 Å². The van der Waals surface area contributed by atoms with E-state index in [1.54, 1.807) is 6.26 Å². The topological polar surface area (TPSA) is 34.9 Å². The molecule has 0 amide bonds. The van der Waals surface area contributed by atoms with Crippen LogP contribution in [-0.2, 0) is 13.1 Å². The van der Waals surface area contributed by atoms with Crippen LogP contribution >= 0.6 is 0 Å². The summed E-state index contributed by atoms with van der Waals surface area (Å²) < 4.78 is 5.62. The summed E-state index contributed by atoms with van der Waals surface area (Å²) in [4.78, 5) is 7.29. The van der Waals surface area contributed by atoms with Crippen LogP contribution in [0.1, 0.15) is 11.3 Å². The molecule has 5 heteroatoms. The summed E-state index contributed by atoms with van der Waals surface area (Å²) in [6.45, 7) is 8.73. The van der Waals surface area contributed by atoms with Gasteiger partial charge >= 0.3 is 0 Å². The van der Waals surface area contributed by atoms with E-state index in [0.717, 1.165) is 51.6 Å². The number of nitrogens with one attached hydrogen (secondary N) is 1. The molecule has 0 saturated carbocycles. The van der Waals surface area contributed by atoms with Gasteiger partial charge in [0.2, 0.25) is 0 Å². The molecule has 0 aliphatic carbocycles. The minimum absolute atomic E-state index is 0.884. The summed E-state index contributed by atoms with van der Waals surface area (Å²) in [5.74, 6) is 1.11. The zero-order valence-electron chi connectivity index (χ0n) is 13.1. The first-order valence-electron chi connectivity index (χ1n) is 7.48. The van der Waals surface area contributed by atoms with Crippen molar-refractivity contribution in [3.63, 3.8) is 0 Å². The van der Waals surface area contributed by atoms with Crippen LogP contribution in [0.2, 0.25) is 0 Å². The number of furan rings is 1. The molecule has 1 fully saturated rings. The highest BCUT2D eigenvalue weighted by molar-refractivity contribution is 5.16. The number of nitrogens with zero attached hydrogens (tertiary/aromatic N) is 3. The molecule has 1 aliphatic rings. The van der Waals surface area contributed by atoms with Crippen LogP contribution in [-0.4, -0.2) is 75.1 Å². The Bertz CT molecular complexity index is 383. The maximum absolute atomic E-state index is 5.62. The first-order chi connectivity index (χ1) is 9.69. The van der Waals surface area contributed by atoms with Gasteiger partial charge in [-0.2, -0.15) is 0 Å². The molecule has 1 N–H and O–H groups in total. The number of rotatable bonds is 7. The highest BCUT2D eigenvalue weighted by Gasteiger charge is 2.18. The van der Waals surface area contributed by atoms with E-state index >= 15 is 0 Å². The van der Waals surface area contributed by atoms with Crippen LogP contribution in [0.25, 0.3) is 0 Å². The monoisotopic (exact) mass is 280 g/mol. The lowest BCUT2D eigenvalue weighted by molar-refractivity contribution is 0.114. The summed E-state index contributed by atoms with van der Waals surface area (Å²) in [5.41, 5.74) is 1.28. The average Bonchev–Trinajstić information content (AvgIpc) is 2.86. The maximum Gasteiger partial charge on any atom is 0.122 e. The molecular weight excluding hydrogens is 252 g/mol. The van der Waals surface area contributed by atoms with E-state index in [1.807, 2.05) is 7.05 Å². The molecule has 20 heavy (non-hydrogen) atoms. The van der Waals surface area contributed by atoms with Gasteiger partial charge in [-0.3, -0.25) is 9.80 Å². The Kier molecular flexibility index (Phi) is 6.04. The van der Waals surface area contributed by atoms with Gasteiger partial charge in [0.1, 0.15) is 5.76 Å². The van der Waals surface area contributed by atoms with Crippen LogP contribution in [0.3, 0.4) is 0 Å². The second-order valence-corrected chi connectivity index (χ2v) is 5.82. The Morgan fingerprint density at radius 2 is 1.90 bits per heavy atom. The quantitative estimate of drug-likeness (QED) is 0.794. The first-order valence-corrected chi connectivity index (χ1v) is 7.48. The smallest absolute Gasteiger partial charge is 0.122 e. The van der Waals surface area contributed by atoms with Crippen LogP contribution in [0.15, 0.2) is 16.7 Å². The summed E-state index contributed by atoms with van der Waals surface area (Å²) in [7, 11) is 6.24. The SMILES string of the molecule is CNCc1ccoc1CN1CCN(CCN(C)C)CC1. The zero-order valence-corrected chi connectivity index (χ0v) is 13.1. The maximum atomic E-state index is 5.62. The highest BCUT2D eigenvalue weighted by atomic mass is 16.3. The first kappa shape index (κ1) is 15.5. The van der Waals surface area contributed by atoms with Crippen LogP contribution in [0, 0.1) is 0 Å². The van der Waals surface area contributed by atoms with Gasteiger partial charge in [-0.1, -0.05) is 0 Å². The number of piperazine rings is 1.